The molecule has 0 radical (unpaired) electrons. The smallest absolute Gasteiger partial charge is 0.243 e. The van der Waals surface area contributed by atoms with Crippen LogP contribution in [0.4, 0.5) is 0 Å². The minimum Gasteiger partial charge on any atom is -0.381 e. The zero-order chi connectivity index (χ0) is 20.4. The molecule has 0 spiro atoms. The van der Waals surface area contributed by atoms with Gasteiger partial charge in [-0.05, 0) is 50.3 Å². The van der Waals surface area contributed by atoms with E-state index in [0.717, 1.165) is 57.0 Å². The van der Waals surface area contributed by atoms with Gasteiger partial charge in [-0.25, -0.2) is 18.1 Å². The van der Waals surface area contributed by atoms with Gasteiger partial charge in [-0.3, -0.25) is 0 Å². The number of hydrogen-bond donors (Lipinski definition) is 0. The highest BCUT2D eigenvalue weighted by Crippen LogP contribution is 2.32. The Morgan fingerprint density at radius 2 is 1.86 bits per heavy atom. The minimum absolute atomic E-state index is 0.0307. The fourth-order valence-electron chi connectivity index (χ4n) is 4.34. The van der Waals surface area contributed by atoms with Crippen molar-refractivity contribution in [1.29, 1.82) is 0 Å². The Bertz CT molecular complexity index is 933. The van der Waals surface area contributed by atoms with Crippen LogP contribution in [0.15, 0.2) is 29.2 Å². The fourth-order valence-corrected chi connectivity index (χ4v) is 5.84. The van der Waals surface area contributed by atoms with Crippen LogP contribution in [0, 0.1) is 6.92 Å². The molecular weight excluding hydrogens is 388 g/mol. The first kappa shape index (κ1) is 20.5. The Hall–Kier alpha value is -1.77. The maximum absolute atomic E-state index is 13.1. The summed E-state index contributed by atoms with van der Waals surface area (Å²) < 4.78 is 35.3. The van der Waals surface area contributed by atoms with E-state index in [1.807, 2.05) is 23.7 Å². The molecule has 1 unspecified atom stereocenters. The molecular formula is C21H30N4O3S. The van der Waals surface area contributed by atoms with Crippen LogP contribution in [0.2, 0.25) is 0 Å². The van der Waals surface area contributed by atoms with Crippen molar-refractivity contribution < 1.29 is 13.2 Å². The van der Waals surface area contributed by atoms with Crippen molar-refractivity contribution in [3.63, 3.8) is 0 Å². The van der Waals surface area contributed by atoms with Crippen LogP contribution in [0.3, 0.4) is 0 Å². The van der Waals surface area contributed by atoms with Gasteiger partial charge in [0.05, 0.1) is 10.9 Å². The SMILES string of the molecule is CCCc1ccc(S(=O)(=O)N2CCC(n3nc(C)nc3C3CCOCC3)C2)cc1. The third kappa shape index (κ3) is 4.25. The van der Waals surface area contributed by atoms with Gasteiger partial charge >= 0.3 is 0 Å². The predicted molar refractivity (Wildman–Crippen MR) is 110 cm³/mol. The van der Waals surface area contributed by atoms with Crippen molar-refractivity contribution in [3.05, 3.63) is 41.5 Å². The van der Waals surface area contributed by atoms with Crippen molar-refractivity contribution >= 4 is 10.0 Å². The standard InChI is InChI=1S/C21H30N4O3S/c1-3-4-17-5-7-20(8-6-17)29(26,27)24-12-9-19(15-24)25-21(22-16(2)23-25)18-10-13-28-14-11-18/h5-8,18-19H,3-4,9-15H2,1-2H3. The monoisotopic (exact) mass is 418 g/mol. The van der Waals surface area contributed by atoms with Gasteiger partial charge in [0.2, 0.25) is 10.0 Å². The second-order valence-electron chi connectivity index (χ2n) is 8.05. The van der Waals surface area contributed by atoms with Gasteiger partial charge in [-0.1, -0.05) is 25.5 Å². The van der Waals surface area contributed by atoms with Crippen LogP contribution in [0.25, 0.3) is 0 Å². The zero-order valence-corrected chi connectivity index (χ0v) is 18.1. The van der Waals surface area contributed by atoms with Crippen LogP contribution in [-0.2, 0) is 21.2 Å². The summed E-state index contributed by atoms with van der Waals surface area (Å²) >= 11 is 0. The molecule has 4 rings (SSSR count). The molecule has 0 aliphatic carbocycles. The lowest BCUT2D eigenvalue weighted by atomic mass is 9.99. The Kier molecular flexibility index (Phi) is 6.03. The van der Waals surface area contributed by atoms with E-state index in [4.69, 9.17) is 4.74 Å². The van der Waals surface area contributed by atoms with Gasteiger partial charge in [-0.2, -0.15) is 9.40 Å². The molecule has 1 aromatic carbocycles. The third-order valence-corrected chi connectivity index (χ3v) is 7.80. The molecule has 2 aliphatic rings. The van der Waals surface area contributed by atoms with E-state index in [1.165, 1.54) is 5.56 Å². The number of rotatable bonds is 6. The van der Waals surface area contributed by atoms with Gasteiger partial charge < -0.3 is 4.74 Å². The zero-order valence-electron chi connectivity index (χ0n) is 17.2. The number of ether oxygens (including phenoxy) is 1. The molecule has 1 aromatic heterocycles. The lowest BCUT2D eigenvalue weighted by Gasteiger charge is -2.23. The summed E-state index contributed by atoms with van der Waals surface area (Å²) in [6.07, 6.45) is 4.65. The highest BCUT2D eigenvalue weighted by Gasteiger charge is 2.36. The molecule has 158 valence electrons. The van der Waals surface area contributed by atoms with E-state index in [1.54, 1.807) is 16.4 Å². The van der Waals surface area contributed by atoms with E-state index >= 15 is 0 Å². The van der Waals surface area contributed by atoms with E-state index in [9.17, 15) is 8.42 Å². The number of sulfonamides is 1. The minimum atomic E-state index is -3.49. The highest BCUT2D eigenvalue weighted by atomic mass is 32.2. The molecule has 2 saturated heterocycles. The summed E-state index contributed by atoms with van der Waals surface area (Å²) in [4.78, 5) is 5.05. The Morgan fingerprint density at radius 3 is 2.55 bits per heavy atom. The third-order valence-electron chi connectivity index (χ3n) is 5.92. The predicted octanol–water partition coefficient (Wildman–Crippen LogP) is 3.07. The van der Waals surface area contributed by atoms with Crippen LogP contribution in [0.1, 0.15) is 61.8 Å². The Morgan fingerprint density at radius 1 is 1.14 bits per heavy atom. The fraction of sp³-hybridized carbons (Fsp3) is 0.619. The van der Waals surface area contributed by atoms with Gasteiger partial charge in [-0.15, -0.1) is 0 Å². The first-order valence-corrected chi connectivity index (χ1v) is 12.0. The number of nitrogens with zero attached hydrogens (tertiary/aromatic N) is 4. The number of hydrogen-bond acceptors (Lipinski definition) is 5. The summed E-state index contributed by atoms with van der Waals surface area (Å²) in [6.45, 7) is 6.47. The first-order valence-electron chi connectivity index (χ1n) is 10.6. The molecule has 3 heterocycles. The molecule has 29 heavy (non-hydrogen) atoms. The molecule has 0 bridgehead atoms. The van der Waals surface area contributed by atoms with Gasteiger partial charge in [0.1, 0.15) is 11.6 Å². The summed E-state index contributed by atoms with van der Waals surface area (Å²) in [5.41, 5.74) is 1.17. The van der Waals surface area contributed by atoms with E-state index in [2.05, 4.69) is 17.0 Å². The largest absolute Gasteiger partial charge is 0.381 e. The molecule has 7 nitrogen and oxygen atoms in total. The van der Waals surface area contributed by atoms with Crippen molar-refractivity contribution in [2.75, 3.05) is 26.3 Å². The van der Waals surface area contributed by atoms with Crippen LogP contribution < -0.4 is 0 Å². The van der Waals surface area contributed by atoms with Crippen molar-refractivity contribution in [3.8, 4) is 0 Å². The highest BCUT2D eigenvalue weighted by molar-refractivity contribution is 7.89. The summed E-state index contributed by atoms with van der Waals surface area (Å²) in [6, 6.07) is 7.35. The number of aromatic nitrogens is 3. The maximum Gasteiger partial charge on any atom is 0.243 e. The van der Waals surface area contributed by atoms with Crippen LogP contribution in [0.5, 0.6) is 0 Å². The topological polar surface area (TPSA) is 77.3 Å². The van der Waals surface area contributed by atoms with Crippen LogP contribution in [-0.4, -0.2) is 53.8 Å². The lowest BCUT2D eigenvalue weighted by molar-refractivity contribution is 0.0821. The lowest BCUT2D eigenvalue weighted by Crippen LogP contribution is -2.30. The molecule has 2 aromatic rings. The van der Waals surface area contributed by atoms with E-state index in [-0.39, 0.29) is 6.04 Å². The Balaban J connectivity index is 1.52. The van der Waals surface area contributed by atoms with Crippen LogP contribution >= 0.6 is 0 Å². The quantitative estimate of drug-likeness (QED) is 0.720. The van der Waals surface area contributed by atoms with Gasteiger partial charge in [0, 0.05) is 32.2 Å². The summed E-state index contributed by atoms with van der Waals surface area (Å²) in [5, 5.41) is 4.63. The first-order chi connectivity index (χ1) is 14.0. The summed E-state index contributed by atoms with van der Waals surface area (Å²) in [5.74, 6) is 2.07. The second kappa shape index (κ2) is 8.53. The van der Waals surface area contributed by atoms with Crippen molar-refractivity contribution in [2.45, 2.75) is 62.8 Å². The molecule has 0 N–H and O–H groups in total. The molecule has 1 atom stereocenters. The Labute approximate surface area is 173 Å². The summed E-state index contributed by atoms with van der Waals surface area (Å²) in [7, 11) is -3.49. The average Bonchev–Trinajstić information content (AvgIpc) is 3.36. The number of benzene rings is 1. The number of aryl methyl sites for hydroxylation is 2. The van der Waals surface area contributed by atoms with Gasteiger partial charge in [0.15, 0.2) is 0 Å². The van der Waals surface area contributed by atoms with Crippen molar-refractivity contribution in [1.82, 2.24) is 19.1 Å². The van der Waals surface area contributed by atoms with E-state index < -0.39 is 10.0 Å². The molecule has 8 heteroatoms. The van der Waals surface area contributed by atoms with E-state index in [0.29, 0.717) is 23.9 Å². The normalized spacial score (nSPS) is 21.7. The average molecular weight is 419 g/mol. The van der Waals surface area contributed by atoms with Gasteiger partial charge in [0.25, 0.3) is 0 Å². The molecule has 2 fully saturated rings. The maximum atomic E-state index is 13.1. The second-order valence-corrected chi connectivity index (χ2v) is 9.99. The molecule has 0 saturated carbocycles. The molecule has 0 amide bonds. The van der Waals surface area contributed by atoms with Crippen molar-refractivity contribution in [2.24, 2.45) is 0 Å². The molecule has 2 aliphatic heterocycles.